The molecule has 5 rings (SSSR count). The van der Waals surface area contributed by atoms with Crippen molar-refractivity contribution < 1.29 is 17.5 Å². The molecule has 0 radical (unpaired) electrons. The number of anilines is 1. The Morgan fingerprint density at radius 2 is 1.65 bits per heavy atom. The van der Waals surface area contributed by atoms with Crippen LogP contribution in [0.2, 0.25) is 0 Å². The van der Waals surface area contributed by atoms with E-state index in [2.05, 4.69) is 28.4 Å². The Hall–Kier alpha value is -3.56. The number of hydrogen-bond donors (Lipinski definition) is 0. The number of aromatic nitrogens is 2. The number of methoxy groups -OCH3 is 1. The van der Waals surface area contributed by atoms with Crippen molar-refractivity contribution in [3.05, 3.63) is 78.6 Å². The number of sulfonamides is 1. The van der Waals surface area contributed by atoms with E-state index in [4.69, 9.17) is 4.74 Å². The molecule has 0 amide bonds. The highest BCUT2D eigenvalue weighted by atomic mass is 32.2. The highest BCUT2D eigenvalue weighted by Crippen LogP contribution is 2.30. The molecule has 1 aliphatic heterocycles. The Bertz CT molecular complexity index is 1430. The maximum atomic E-state index is 13.7. The van der Waals surface area contributed by atoms with Crippen molar-refractivity contribution in [1.82, 2.24) is 14.5 Å². The molecule has 0 atom stereocenters. The van der Waals surface area contributed by atoms with Gasteiger partial charge in [0.05, 0.1) is 12.8 Å². The lowest BCUT2D eigenvalue weighted by molar-refractivity contribution is 0.372. The Kier molecular flexibility index (Phi) is 5.89. The normalized spacial score (nSPS) is 14.9. The molecule has 4 aromatic rings. The second-order valence-electron chi connectivity index (χ2n) is 7.99. The van der Waals surface area contributed by atoms with E-state index in [1.807, 2.05) is 41.3 Å². The predicted molar refractivity (Wildman–Crippen MR) is 129 cm³/mol. The largest absolute Gasteiger partial charge is 0.495 e. The Morgan fingerprint density at radius 1 is 0.882 bits per heavy atom. The van der Waals surface area contributed by atoms with Crippen molar-refractivity contribution in [2.75, 3.05) is 38.2 Å². The first-order chi connectivity index (χ1) is 16.5. The smallest absolute Gasteiger partial charge is 0.246 e. The second-order valence-corrected chi connectivity index (χ2v) is 9.90. The van der Waals surface area contributed by atoms with Crippen LogP contribution in [0.3, 0.4) is 0 Å². The summed E-state index contributed by atoms with van der Waals surface area (Å²) in [4.78, 5) is 1.83. The van der Waals surface area contributed by atoms with Crippen LogP contribution in [-0.2, 0) is 10.0 Å². The van der Waals surface area contributed by atoms with Crippen LogP contribution in [0.5, 0.6) is 5.75 Å². The van der Waals surface area contributed by atoms with Crippen LogP contribution in [0.15, 0.2) is 77.7 Å². The molecule has 0 N–H and O–H groups in total. The molecule has 0 bridgehead atoms. The van der Waals surface area contributed by atoms with E-state index < -0.39 is 15.8 Å². The third kappa shape index (κ3) is 4.08. The molecule has 0 unspecified atom stereocenters. The van der Waals surface area contributed by atoms with Gasteiger partial charge in [-0.15, -0.1) is 10.2 Å². The van der Waals surface area contributed by atoms with Crippen molar-refractivity contribution in [1.29, 1.82) is 0 Å². The third-order valence-corrected chi connectivity index (χ3v) is 7.94. The van der Waals surface area contributed by atoms with E-state index in [0.29, 0.717) is 18.9 Å². The van der Waals surface area contributed by atoms with E-state index in [1.54, 1.807) is 0 Å². The lowest BCUT2D eigenvalue weighted by Crippen LogP contribution is -2.49. The number of ether oxygens (including phenoxy) is 1. The van der Waals surface area contributed by atoms with Gasteiger partial charge in [0.25, 0.3) is 0 Å². The number of hydrogen-bond acceptors (Lipinski definition) is 6. The molecule has 9 heteroatoms. The fourth-order valence-corrected chi connectivity index (χ4v) is 5.82. The highest BCUT2D eigenvalue weighted by Gasteiger charge is 2.31. The molecule has 1 fully saturated rings. The van der Waals surface area contributed by atoms with Crippen LogP contribution in [0.4, 0.5) is 10.2 Å². The van der Waals surface area contributed by atoms with Crippen molar-refractivity contribution in [3.63, 3.8) is 0 Å². The number of nitrogens with zero attached hydrogens (tertiary/aromatic N) is 4. The third-order valence-electron chi connectivity index (χ3n) is 6.02. The summed E-state index contributed by atoms with van der Waals surface area (Å²) >= 11 is 0. The highest BCUT2D eigenvalue weighted by molar-refractivity contribution is 7.89. The zero-order valence-electron chi connectivity index (χ0n) is 18.6. The SMILES string of the molecule is COc1ccc(F)cc1S(=O)(=O)N1CCN(c2ccc(-c3cccc4ccccc34)nn2)CC1. The minimum Gasteiger partial charge on any atom is -0.495 e. The number of benzene rings is 3. The van der Waals surface area contributed by atoms with E-state index >= 15 is 0 Å². The quantitative estimate of drug-likeness (QED) is 0.432. The summed E-state index contributed by atoms with van der Waals surface area (Å²) in [5.74, 6) is 0.183. The van der Waals surface area contributed by atoms with Crippen LogP contribution >= 0.6 is 0 Å². The van der Waals surface area contributed by atoms with Gasteiger partial charge >= 0.3 is 0 Å². The predicted octanol–water partition coefficient (Wildman–Crippen LogP) is 3.96. The molecular weight excluding hydrogens is 455 g/mol. The zero-order valence-corrected chi connectivity index (χ0v) is 19.4. The average molecular weight is 479 g/mol. The fraction of sp³-hybridized carbons (Fsp3) is 0.200. The van der Waals surface area contributed by atoms with Crippen molar-refractivity contribution in [2.45, 2.75) is 4.90 Å². The summed E-state index contributed by atoms with van der Waals surface area (Å²) in [7, 11) is -2.52. The number of piperazine rings is 1. The van der Waals surface area contributed by atoms with Gasteiger partial charge in [-0.1, -0.05) is 42.5 Å². The number of fused-ring (bicyclic) bond motifs is 1. The first-order valence-electron chi connectivity index (χ1n) is 10.9. The molecule has 0 aliphatic carbocycles. The van der Waals surface area contributed by atoms with Gasteiger partial charge in [0, 0.05) is 31.7 Å². The van der Waals surface area contributed by atoms with Gasteiger partial charge in [-0.05, 0) is 41.1 Å². The lowest BCUT2D eigenvalue weighted by atomic mass is 10.0. The summed E-state index contributed by atoms with van der Waals surface area (Å²) in [6.45, 7) is 1.38. The molecule has 1 aliphatic rings. The van der Waals surface area contributed by atoms with Crippen LogP contribution in [0, 0.1) is 5.82 Å². The summed E-state index contributed by atoms with van der Waals surface area (Å²) < 4.78 is 46.4. The van der Waals surface area contributed by atoms with E-state index in [1.165, 1.54) is 23.5 Å². The Labute approximate surface area is 197 Å². The Morgan fingerprint density at radius 3 is 2.38 bits per heavy atom. The lowest BCUT2D eigenvalue weighted by Gasteiger charge is -2.34. The van der Waals surface area contributed by atoms with Crippen LogP contribution in [-0.4, -0.2) is 56.2 Å². The maximum absolute atomic E-state index is 13.7. The average Bonchev–Trinajstić information content (AvgIpc) is 2.88. The molecular formula is C25H23FN4O3S. The summed E-state index contributed by atoms with van der Waals surface area (Å²) in [5.41, 5.74) is 1.79. The van der Waals surface area contributed by atoms with Gasteiger partial charge in [0.15, 0.2) is 5.82 Å². The van der Waals surface area contributed by atoms with Crippen LogP contribution in [0.25, 0.3) is 22.0 Å². The first-order valence-corrected chi connectivity index (χ1v) is 12.3. The van der Waals surface area contributed by atoms with E-state index in [9.17, 15) is 12.8 Å². The minimum absolute atomic E-state index is 0.124. The summed E-state index contributed by atoms with van der Waals surface area (Å²) in [6.07, 6.45) is 0. The second kappa shape index (κ2) is 9.00. The number of rotatable bonds is 5. The molecule has 174 valence electrons. The molecule has 7 nitrogen and oxygen atoms in total. The summed E-state index contributed by atoms with van der Waals surface area (Å²) in [5, 5.41) is 11.1. The monoisotopic (exact) mass is 478 g/mol. The van der Waals surface area contributed by atoms with Crippen molar-refractivity contribution in [3.8, 4) is 17.0 Å². The maximum Gasteiger partial charge on any atom is 0.246 e. The van der Waals surface area contributed by atoms with Crippen LogP contribution < -0.4 is 9.64 Å². The van der Waals surface area contributed by atoms with Crippen molar-refractivity contribution in [2.24, 2.45) is 0 Å². The molecule has 0 spiro atoms. The van der Waals surface area contributed by atoms with Gasteiger partial charge in [-0.3, -0.25) is 0 Å². The number of halogens is 1. The molecule has 3 aromatic carbocycles. The van der Waals surface area contributed by atoms with Crippen molar-refractivity contribution >= 4 is 26.6 Å². The standard InChI is InChI=1S/C25H23FN4O3S/c1-33-23-11-9-19(26)17-24(23)34(31,32)30-15-13-29(14-16-30)25-12-10-22(27-28-25)21-8-4-6-18-5-2-3-7-20(18)21/h2-12,17H,13-16H2,1H3. The molecule has 1 aromatic heterocycles. The molecule has 0 saturated carbocycles. The fourth-order valence-electron chi connectivity index (χ4n) is 4.24. The minimum atomic E-state index is -3.89. The van der Waals surface area contributed by atoms with Gasteiger partial charge in [-0.25, -0.2) is 12.8 Å². The molecule has 1 saturated heterocycles. The van der Waals surface area contributed by atoms with E-state index in [-0.39, 0.29) is 23.7 Å². The molecule has 2 heterocycles. The van der Waals surface area contributed by atoms with Gasteiger partial charge in [0.1, 0.15) is 16.5 Å². The van der Waals surface area contributed by atoms with Crippen LogP contribution in [0.1, 0.15) is 0 Å². The van der Waals surface area contributed by atoms with Gasteiger partial charge in [0.2, 0.25) is 10.0 Å². The molecule has 34 heavy (non-hydrogen) atoms. The summed E-state index contributed by atoms with van der Waals surface area (Å²) in [6, 6.07) is 21.6. The topological polar surface area (TPSA) is 75.6 Å². The van der Waals surface area contributed by atoms with Gasteiger partial charge < -0.3 is 9.64 Å². The first kappa shape index (κ1) is 22.2. The Balaban J connectivity index is 1.32. The zero-order chi connectivity index (χ0) is 23.7. The van der Waals surface area contributed by atoms with Gasteiger partial charge in [-0.2, -0.15) is 4.31 Å². The van der Waals surface area contributed by atoms with E-state index in [0.717, 1.165) is 28.1 Å².